The van der Waals surface area contributed by atoms with Crippen LogP contribution in [0.1, 0.15) is 45.2 Å². The summed E-state index contributed by atoms with van der Waals surface area (Å²) in [7, 11) is 0. The average molecular weight is 207 g/mol. The van der Waals surface area contributed by atoms with Crippen LogP contribution in [0.4, 0.5) is 0 Å². The van der Waals surface area contributed by atoms with Crippen molar-refractivity contribution < 1.29 is 0 Å². The molecule has 1 saturated carbocycles. The lowest BCUT2D eigenvalue weighted by Crippen LogP contribution is -2.36. The molecule has 2 N–H and O–H groups in total. The molecule has 0 spiro atoms. The molecule has 2 rings (SSSR count). The highest BCUT2D eigenvalue weighted by molar-refractivity contribution is 4.94. The van der Waals surface area contributed by atoms with Crippen LogP contribution in [0, 0.1) is 5.41 Å². The van der Waals surface area contributed by atoms with E-state index < -0.39 is 0 Å². The lowest BCUT2D eigenvalue weighted by molar-refractivity contribution is 0.197. The van der Waals surface area contributed by atoms with Gasteiger partial charge >= 0.3 is 0 Å². The minimum absolute atomic E-state index is 0.518. The monoisotopic (exact) mass is 207 g/mol. The van der Waals surface area contributed by atoms with E-state index in [0.29, 0.717) is 11.5 Å². The van der Waals surface area contributed by atoms with E-state index in [2.05, 4.69) is 29.1 Å². The van der Waals surface area contributed by atoms with Crippen LogP contribution < -0.4 is 5.32 Å². The van der Waals surface area contributed by atoms with Gasteiger partial charge in [0.1, 0.15) is 0 Å². The molecule has 3 nitrogen and oxygen atoms in total. The smallest absolute Gasteiger partial charge is 0.0922 e. The number of aromatic amines is 1. The van der Waals surface area contributed by atoms with Gasteiger partial charge in [-0.1, -0.05) is 20.3 Å². The molecule has 1 heterocycles. The molecular weight excluding hydrogens is 186 g/mol. The quantitative estimate of drug-likeness (QED) is 0.799. The van der Waals surface area contributed by atoms with Crippen LogP contribution >= 0.6 is 0 Å². The van der Waals surface area contributed by atoms with Gasteiger partial charge in [0.05, 0.1) is 6.33 Å². The molecule has 0 saturated heterocycles. The lowest BCUT2D eigenvalue weighted by atomic mass is 9.75. The standard InChI is InChI=1S/C12H21N3/c1-12(2)5-3-4-10(6-12)14-8-11-7-13-9-15-11/h7,9-10,14H,3-6,8H2,1-2H3,(H,13,15). The van der Waals surface area contributed by atoms with Gasteiger partial charge in [-0.05, 0) is 24.7 Å². The van der Waals surface area contributed by atoms with Crippen molar-refractivity contribution in [3.05, 3.63) is 18.2 Å². The Kier molecular flexibility index (Phi) is 3.10. The number of hydrogen-bond acceptors (Lipinski definition) is 2. The predicted octanol–water partition coefficient (Wildman–Crippen LogP) is 2.47. The first-order valence-corrected chi connectivity index (χ1v) is 5.86. The highest BCUT2D eigenvalue weighted by atomic mass is 15.0. The number of aromatic nitrogens is 2. The Morgan fingerprint density at radius 2 is 2.47 bits per heavy atom. The Bertz CT molecular complexity index is 290. The molecule has 0 bridgehead atoms. The summed E-state index contributed by atoms with van der Waals surface area (Å²) in [5, 5.41) is 3.61. The summed E-state index contributed by atoms with van der Waals surface area (Å²) in [6.45, 7) is 5.66. The number of H-pyrrole nitrogens is 1. The summed E-state index contributed by atoms with van der Waals surface area (Å²) < 4.78 is 0. The van der Waals surface area contributed by atoms with E-state index in [1.165, 1.54) is 31.4 Å². The number of nitrogens with one attached hydrogen (secondary N) is 2. The van der Waals surface area contributed by atoms with Crippen LogP contribution in [0.15, 0.2) is 12.5 Å². The summed E-state index contributed by atoms with van der Waals surface area (Å²) in [5.74, 6) is 0. The van der Waals surface area contributed by atoms with E-state index in [4.69, 9.17) is 0 Å². The molecule has 3 heteroatoms. The molecule has 1 aliphatic rings. The fourth-order valence-electron chi connectivity index (χ4n) is 2.51. The summed E-state index contributed by atoms with van der Waals surface area (Å²) in [6, 6.07) is 0.678. The fourth-order valence-corrected chi connectivity index (χ4v) is 2.51. The van der Waals surface area contributed by atoms with Crippen molar-refractivity contribution in [3.63, 3.8) is 0 Å². The lowest BCUT2D eigenvalue weighted by Gasteiger charge is -2.35. The molecule has 1 aliphatic carbocycles. The van der Waals surface area contributed by atoms with Gasteiger partial charge < -0.3 is 10.3 Å². The Hall–Kier alpha value is -0.830. The largest absolute Gasteiger partial charge is 0.347 e. The van der Waals surface area contributed by atoms with E-state index >= 15 is 0 Å². The van der Waals surface area contributed by atoms with E-state index in [9.17, 15) is 0 Å². The second-order valence-electron chi connectivity index (χ2n) is 5.42. The molecule has 1 atom stereocenters. The Balaban J connectivity index is 1.80. The maximum Gasteiger partial charge on any atom is 0.0922 e. The van der Waals surface area contributed by atoms with Gasteiger partial charge in [0.15, 0.2) is 0 Å². The molecule has 0 amide bonds. The van der Waals surface area contributed by atoms with Gasteiger partial charge in [0, 0.05) is 24.5 Å². The van der Waals surface area contributed by atoms with Crippen molar-refractivity contribution >= 4 is 0 Å². The van der Waals surface area contributed by atoms with E-state index in [0.717, 1.165) is 6.54 Å². The maximum atomic E-state index is 4.02. The average Bonchev–Trinajstić information content (AvgIpc) is 2.65. The molecule has 0 radical (unpaired) electrons. The summed E-state index contributed by atoms with van der Waals surface area (Å²) >= 11 is 0. The summed E-state index contributed by atoms with van der Waals surface area (Å²) in [5.41, 5.74) is 1.70. The van der Waals surface area contributed by atoms with Crippen LogP contribution in [0.25, 0.3) is 0 Å². The molecule has 1 aromatic rings. The van der Waals surface area contributed by atoms with Crippen molar-refractivity contribution in [2.75, 3.05) is 0 Å². The van der Waals surface area contributed by atoms with Crippen LogP contribution in [-0.4, -0.2) is 16.0 Å². The van der Waals surface area contributed by atoms with Crippen LogP contribution in [-0.2, 0) is 6.54 Å². The second-order valence-corrected chi connectivity index (χ2v) is 5.42. The minimum atomic E-state index is 0.518. The highest BCUT2D eigenvalue weighted by Crippen LogP contribution is 2.35. The van der Waals surface area contributed by atoms with Gasteiger partial charge in [-0.25, -0.2) is 4.98 Å². The first-order valence-electron chi connectivity index (χ1n) is 5.86. The van der Waals surface area contributed by atoms with Crippen LogP contribution in [0.5, 0.6) is 0 Å². The molecule has 15 heavy (non-hydrogen) atoms. The van der Waals surface area contributed by atoms with Gasteiger partial charge in [0.2, 0.25) is 0 Å². The van der Waals surface area contributed by atoms with Crippen molar-refractivity contribution in [1.29, 1.82) is 0 Å². The predicted molar refractivity (Wildman–Crippen MR) is 61.5 cm³/mol. The third-order valence-corrected chi connectivity index (χ3v) is 3.34. The third-order valence-electron chi connectivity index (χ3n) is 3.34. The van der Waals surface area contributed by atoms with Crippen molar-refractivity contribution in [2.24, 2.45) is 5.41 Å². The van der Waals surface area contributed by atoms with E-state index in [-0.39, 0.29) is 0 Å². The first kappa shape index (κ1) is 10.7. The maximum absolute atomic E-state index is 4.02. The number of nitrogens with zero attached hydrogens (tertiary/aromatic N) is 1. The van der Waals surface area contributed by atoms with Gasteiger partial charge in [-0.3, -0.25) is 0 Å². The van der Waals surface area contributed by atoms with Gasteiger partial charge in [0.25, 0.3) is 0 Å². The molecule has 0 aromatic carbocycles. The van der Waals surface area contributed by atoms with Crippen molar-refractivity contribution in [2.45, 2.75) is 52.1 Å². The topological polar surface area (TPSA) is 40.7 Å². The highest BCUT2D eigenvalue weighted by Gasteiger charge is 2.27. The molecule has 84 valence electrons. The van der Waals surface area contributed by atoms with E-state index in [1.807, 2.05) is 6.20 Å². The van der Waals surface area contributed by atoms with E-state index in [1.54, 1.807) is 6.33 Å². The molecule has 1 fully saturated rings. The molecule has 1 aromatic heterocycles. The Labute approximate surface area is 91.7 Å². The first-order chi connectivity index (χ1) is 7.16. The van der Waals surface area contributed by atoms with Gasteiger partial charge in [-0.2, -0.15) is 0 Å². The molecule has 0 aliphatic heterocycles. The Morgan fingerprint density at radius 1 is 1.60 bits per heavy atom. The zero-order valence-electron chi connectivity index (χ0n) is 9.71. The SMILES string of the molecule is CC1(C)CCCC(NCc2cnc[nH]2)C1. The second kappa shape index (κ2) is 4.35. The minimum Gasteiger partial charge on any atom is -0.347 e. The number of rotatable bonds is 3. The number of hydrogen-bond donors (Lipinski definition) is 2. The van der Waals surface area contributed by atoms with Crippen molar-refractivity contribution in [1.82, 2.24) is 15.3 Å². The zero-order chi connectivity index (χ0) is 10.7. The number of imidazole rings is 1. The molecule has 1 unspecified atom stereocenters. The summed E-state index contributed by atoms with van der Waals surface area (Å²) in [6.07, 6.45) is 8.96. The fraction of sp³-hybridized carbons (Fsp3) is 0.750. The zero-order valence-corrected chi connectivity index (χ0v) is 9.71. The Morgan fingerprint density at radius 3 is 3.13 bits per heavy atom. The third kappa shape index (κ3) is 3.06. The normalized spacial score (nSPS) is 25.3. The molecular formula is C12H21N3. The van der Waals surface area contributed by atoms with Crippen LogP contribution in [0.2, 0.25) is 0 Å². The van der Waals surface area contributed by atoms with Crippen LogP contribution in [0.3, 0.4) is 0 Å². The summed E-state index contributed by atoms with van der Waals surface area (Å²) in [4.78, 5) is 7.14. The van der Waals surface area contributed by atoms with Gasteiger partial charge in [-0.15, -0.1) is 0 Å². The van der Waals surface area contributed by atoms with Crippen molar-refractivity contribution in [3.8, 4) is 0 Å².